The van der Waals surface area contributed by atoms with Gasteiger partial charge in [-0.2, -0.15) is 0 Å². The Morgan fingerprint density at radius 2 is 2.14 bits per heavy atom. The van der Waals surface area contributed by atoms with Crippen LogP contribution in [-0.2, 0) is 4.79 Å². The van der Waals surface area contributed by atoms with Crippen LogP contribution in [0.3, 0.4) is 0 Å². The molecule has 0 spiro atoms. The average Bonchev–Trinajstić information content (AvgIpc) is 2.54. The highest BCUT2D eigenvalue weighted by molar-refractivity contribution is 5.77. The van der Waals surface area contributed by atoms with Crippen LogP contribution in [0.4, 0.5) is 0 Å². The Morgan fingerprint density at radius 1 is 1.38 bits per heavy atom. The van der Waals surface area contributed by atoms with Gasteiger partial charge in [0.15, 0.2) is 0 Å². The molecular weight excluding hydrogens is 264 g/mol. The molecule has 1 amide bonds. The van der Waals surface area contributed by atoms with Crippen LogP contribution >= 0.6 is 0 Å². The predicted octanol–water partition coefficient (Wildman–Crippen LogP) is 2.22. The number of benzene rings is 1. The molecule has 1 atom stereocenters. The molecule has 1 aliphatic rings. The van der Waals surface area contributed by atoms with Crippen molar-refractivity contribution in [3.8, 4) is 5.75 Å². The predicted molar refractivity (Wildman–Crippen MR) is 84.6 cm³/mol. The van der Waals surface area contributed by atoms with E-state index < -0.39 is 0 Å². The molecule has 114 valence electrons. The van der Waals surface area contributed by atoms with Crippen molar-refractivity contribution in [2.75, 3.05) is 26.7 Å². The maximum absolute atomic E-state index is 12.0. The Kier molecular flexibility index (Phi) is 5.81. The van der Waals surface area contributed by atoms with Crippen LogP contribution in [-0.4, -0.2) is 32.7 Å². The summed E-state index contributed by atoms with van der Waals surface area (Å²) in [6, 6.07) is 7.91. The van der Waals surface area contributed by atoms with Gasteiger partial charge in [0, 0.05) is 19.5 Å². The van der Waals surface area contributed by atoms with Gasteiger partial charge in [-0.15, -0.1) is 0 Å². The van der Waals surface area contributed by atoms with Crippen molar-refractivity contribution in [2.45, 2.75) is 25.7 Å². The SMILES string of the molecule is COc1ccc(C(C)CC(=O)NCC2=CCNCC2)cc1. The molecule has 0 saturated heterocycles. The molecule has 1 heterocycles. The average molecular weight is 288 g/mol. The van der Waals surface area contributed by atoms with Gasteiger partial charge in [-0.05, 0) is 36.6 Å². The van der Waals surface area contributed by atoms with Gasteiger partial charge < -0.3 is 15.4 Å². The highest BCUT2D eigenvalue weighted by atomic mass is 16.5. The Hall–Kier alpha value is -1.81. The van der Waals surface area contributed by atoms with E-state index in [0.29, 0.717) is 13.0 Å². The number of carbonyl (C=O) groups excluding carboxylic acids is 1. The molecule has 1 unspecified atom stereocenters. The zero-order valence-electron chi connectivity index (χ0n) is 12.8. The second-order valence-corrected chi connectivity index (χ2v) is 5.47. The van der Waals surface area contributed by atoms with Gasteiger partial charge in [-0.3, -0.25) is 4.79 Å². The Morgan fingerprint density at radius 3 is 2.76 bits per heavy atom. The molecule has 2 rings (SSSR count). The van der Waals surface area contributed by atoms with E-state index in [4.69, 9.17) is 4.74 Å². The van der Waals surface area contributed by atoms with Crippen LogP contribution in [0, 0.1) is 0 Å². The topological polar surface area (TPSA) is 50.4 Å². The third kappa shape index (κ3) is 4.90. The van der Waals surface area contributed by atoms with Gasteiger partial charge in [0.05, 0.1) is 7.11 Å². The maximum atomic E-state index is 12.0. The lowest BCUT2D eigenvalue weighted by Gasteiger charge is -2.16. The molecule has 1 aromatic carbocycles. The molecule has 1 aliphatic heterocycles. The lowest BCUT2D eigenvalue weighted by Crippen LogP contribution is -2.30. The van der Waals surface area contributed by atoms with Crippen molar-refractivity contribution in [3.63, 3.8) is 0 Å². The first-order valence-electron chi connectivity index (χ1n) is 7.48. The molecule has 0 aliphatic carbocycles. The normalized spacial score (nSPS) is 16.0. The van der Waals surface area contributed by atoms with E-state index in [0.717, 1.165) is 30.8 Å². The standard InChI is InChI=1S/C17H24N2O2/c1-13(15-3-5-16(21-2)6-4-15)11-17(20)19-12-14-7-9-18-10-8-14/h3-7,13,18H,8-12H2,1-2H3,(H,19,20). The summed E-state index contributed by atoms with van der Waals surface area (Å²) in [7, 11) is 1.65. The highest BCUT2D eigenvalue weighted by Gasteiger charge is 2.12. The number of rotatable bonds is 6. The number of hydrogen-bond acceptors (Lipinski definition) is 3. The Labute approximate surface area is 126 Å². The molecule has 0 bridgehead atoms. The summed E-state index contributed by atoms with van der Waals surface area (Å²) >= 11 is 0. The van der Waals surface area contributed by atoms with Gasteiger partial charge in [0.2, 0.25) is 5.91 Å². The first kappa shape index (κ1) is 15.6. The number of amides is 1. The summed E-state index contributed by atoms with van der Waals surface area (Å²) in [5.74, 6) is 1.16. The van der Waals surface area contributed by atoms with E-state index in [1.54, 1.807) is 7.11 Å². The molecule has 0 radical (unpaired) electrons. The fourth-order valence-electron chi connectivity index (χ4n) is 2.44. The summed E-state index contributed by atoms with van der Waals surface area (Å²) in [5.41, 5.74) is 2.48. The van der Waals surface area contributed by atoms with Crippen molar-refractivity contribution in [3.05, 3.63) is 41.5 Å². The fourth-order valence-corrected chi connectivity index (χ4v) is 2.44. The van der Waals surface area contributed by atoms with Crippen LogP contribution in [0.15, 0.2) is 35.9 Å². The van der Waals surface area contributed by atoms with Crippen molar-refractivity contribution < 1.29 is 9.53 Å². The van der Waals surface area contributed by atoms with E-state index in [2.05, 4.69) is 23.6 Å². The van der Waals surface area contributed by atoms with Gasteiger partial charge >= 0.3 is 0 Å². The maximum Gasteiger partial charge on any atom is 0.220 e. The molecular formula is C17H24N2O2. The third-order valence-electron chi connectivity index (χ3n) is 3.85. The second kappa shape index (κ2) is 7.84. The van der Waals surface area contributed by atoms with Crippen molar-refractivity contribution in [1.29, 1.82) is 0 Å². The molecule has 0 fully saturated rings. The Balaban J connectivity index is 1.79. The lowest BCUT2D eigenvalue weighted by atomic mass is 9.97. The molecule has 2 N–H and O–H groups in total. The molecule has 0 aromatic heterocycles. The minimum absolute atomic E-state index is 0.109. The van der Waals surface area contributed by atoms with Crippen LogP contribution in [0.25, 0.3) is 0 Å². The minimum atomic E-state index is 0.109. The summed E-state index contributed by atoms with van der Waals surface area (Å²) < 4.78 is 5.15. The number of carbonyl (C=O) groups is 1. The van der Waals surface area contributed by atoms with Gasteiger partial charge in [0.25, 0.3) is 0 Å². The van der Waals surface area contributed by atoms with Crippen molar-refractivity contribution in [2.24, 2.45) is 0 Å². The zero-order valence-corrected chi connectivity index (χ0v) is 12.8. The number of methoxy groups -OCH3 is 1. The minimum Gasteiger partial charge on any atom is -0.497 e. The summed E-state index contributed by atoms with van der Waals surface area (Å²) in [5, 5.41) is 6.28. The van der Waals surface area contributed by atoms with E-state index in [1.165, 1.54) is 5.57 Å². The smallest absolute Gasteiger partial charge is 0.220 e. The third-order valence-corrected chi connectivity index (χ3v) is 3.85. The van der Waals surface area contributed by atoms with E-state index >= 15 is 0 Å². The fraction of sp³-hybridized carbons (Fsp3) is 0.471. The Bertz CT molecular complexity index is 494. The molecule has 1 aromatic rings. The van der Waals surface area contributed by atoms with Crippen LogP contribution in [0.5, 0.6) is 5.75 Å². The van der Waals surface area contributed by atoms with Crippen LogP contribution < -0.4 is 15.4 Å². The van der Waals surface area contributed by atoms with Crippen molar-refractivity contribution >= 4 is 5.91 Å². The molecule has 0 saturated carbocycles. The quantitative estimate of drug-likeness (QED) is 0.789. The summed E-state index contributed by atoms with van der Waals surface area (Å²) in [4.78, 5) is 12.0. The van der Waals surface area contributed by atoms with Gasteiger partial charge in [-0.1, -0.05) is 30.7 Å². The lowest BCUT2D eigenvalue weighted by molar-refractivity contribution is -0.121. The first-order valence-corrected chi connectivity index (χ1v) is 7.48. The van der Waals surface area contributed by atoms with Crippen LogP contribution in [0.1, 0.15) is 31.2 Å². The summed E-state index contributed by atoms with van der Waals surface area (Å²) in [6.45, 7) is 4.67. The van der Waals surface area contributed by atoms with Crippen LogP contribution in [0.2, 0.25) is 0 Å². The first-order chi connectivity index (χ1) is 10.2. The molecule has 4 heteroatoms. The largest absolute Gasteiger partial charge is 0.497 e. The second-order valence-electron chi connectivity index (χ2n) is 5.47. The number of hydrogen-bond donors (Lipinski definition) is 2. The highest BCUT2D eigenvalue weighted by Crippen LogP contribution is 2.21. The monoisotopic (exact) mass is 288 g/mol. The molecule has 21 heavy (non-hydrogen) atoms. The van der Waals surface area contributed by atoms with Crippen molar-refractivity contribution in [1.82, 2.24) is 10.6 Å². The van der Waals surface area contributed by atoms with Gasteiger partial charge in [0.1, 0.15) is 5.75 Å². The molecule has 4 nitrogen and oxygen atoms in total. The van der Waals surface area contributed by atoms with E-state index in [9.17, 15) is 4.79 Å². The zero-order chi connectivity index (χ0) is 15.1. The summed E-state index contributed by atoms with van der Waals surface area (Å²) in [6.07, 6.45) is 3.70. The van der Waals surface area contributed by atoms with E-state index in [1.807, 2.05) is 24.3 Å². The number of nitrogens with one attached hydrogen (secondary N) is 2. The van der Waals surface area contributed by atoms with Gasteiger partial charge in [-0.25, -0.2) is 0 Å². The number of ether oxygens (including phenoxy) is 1. The van der Waals surface area contributed by atoms with E-state index in [-0.39, 0.29) is 11.8 Å².